The summed E-state index contributed by atoms with van der Waals surface area (Å²) >= 11 is 5.95. The highest BCUT2D eigenvalue weighted by atomic mass is 35.5. The van der Waals surface area contributed by atoms with Gasteiger partial charge in [-0.25, -0.2) is 14.5 Å². The Bertz CT molecular complexity index is 1110. The van der Waals surface area contributed by atoms with Gasteiger partial charge in [-0.2, -0.15) is 4.98 Å². The van der Waals surface area contributed by atoms with Crippen LogP contribution in [0.15, 0.2) is 46.9 Å². The number of benzene rings is 2. The number of aromatic nitrogens is 1. The zero-order valence-corrected chi connectivity index (χ0v) is 19.2. The number of aryl methyl sites for hydroxylation is 1. The normalized spacial score (nSPS) is 12.9. The van der Waals surface area contributed by atoms with Gasteiger partial charge in [0.15, 0.2) is 5.58 Å². The largest absolute Gasteiger partial charge is 0.447 e. The summed E-state index contributed by atoms with van der Waals surface area (Å²) in [5.41, 5.74) is 1.54. The summed E-state index contributed by atoms with van der Waals surface area (Å²) in [7, 11) is 1.49. The molecule has 182 valence electrons. The molecule has 1 aromatic heterocycles. The van der Waals surface area contributed by atoms with Gasteiger partial charge in [0.25, 0.3) is 0 Å². The van der Waals surface area contributed by atoms with E-state index in [0.717, 1.165) is 0 Å². The second kappa shape index (κ2) is 11.8. The van der Waals surface area contributed by atoms with Crippen molar-refractivity contribution in [2.45, 2.75) is 31.4 Å². The molecule has 0 saturated heterocycles. The highest BCUT2D eigenvalue weighted by Gasteiger charge is 2.25. The van der Waals surface area contributed by atoms with Crippen LogP contribution in [0.25, 0.3) is 11.1 Å². The van der Waals surface area contributed by atoms with E-state index in [0.29, 0.717) is 16.7 Å². The van der Waals surface area contributed by atoms with Gasteiger partial charge in [0.1, 0.15) is 17.9 Å². The van der Waals surface area contributed by atoms with E-state index in [1.807, 2.05) is 0 Å². The first-order valence-corrected chi connectivity index (χ1v) is 10.9. The minimum atomic E-state index is -1.12. The summed E-state index contributed by atoms with van der Waals surface area (Å²) in [5, 5.41) is 21.4. The van der Waals surface area contributed by atoms with Gasteiger partial charge in [-0.15, -0.1) is 0 Å². The SMILES string of the molecule is CN(C(=O)CCc1cccc(F)c1Cl)[C@H](COC(=O)Nc1nc2ccccc2o1)C[C@@H](O)CO. The number of carbonyl (C=O) groups is 2. The molecule has 3 rings (SSSR count). The number of ether oxygens (including phenoxy) is 1. The minimum Gasteiger partial charge on any atom is -0.447 e. The molecule has 0 radical (unpaired) electrons. The van der Waals surface area contributed by atoms with Crippen molar-refractivity contribution in [2.24, 2.45) is 0 Å². The molecule has 2 atom stereocenters. The van der Waals surface area contributed by atoms with E-state index < -0.39 is 30.7 Å². The van der Waals surface area contributed by atoms with Crippen molar-refractivity contribution in [3.8, 4) is 0 Å². The topological polar surface area (TPSA) is 125 Å². The highest BCUT2D eigenvalue weighted by Crippen LogP contribution is 2.22. The van der Waals surface area contributed by atoms with Crippen LogP contribution in [-0.2, 0) is 16.0 Å². The number of fused-ring (bicyclic) bond motifs is 1. The van der Waals surface area contributed by atoms with Crippen molar-refractivity contribution in [3.63, 3.8) is 0 Å². The van der Waals surface area contributed by atoms with Crippen LogP contribution >= 0.6 is 11.6 Å². The number of carbonyl (C=O) groups excluding carboxylic acids is 2. The van der Waals surface area contributed by atoms with E-state index in [9.17, 15) is 24.2 Å². The van der Waals surface area contributed by atoms with Crippen LogP contribution in [0.3, 0.4) is 0 Å². The molecule has 2 aromatic carbocycles. The third-order valence-corrected chi connectivity index (χ3v) is 5.67. The van der Waals surface area contributed by atoms with E-state index >= 15 is 0 Å². The molecule has 11 heteroatoms. The monoisotopic (exact) mass is 493 g/mol. The standard InChI is InChI=1S/C23H25ClFN3O6/c1-28(20(31)10-9-14-5-4-6-17(25)21(14)24)15(11-16(30)12-29)13-33-23(32)27-22-26-18-7-2-3-8-19(18)34-22/h2-8,15-16,29-30H,9-13H2,1H3,(H,26,27,32)/t15-,16+/m0/s1. The first-order valence-electron chi connectivity index (χ1n) is 10.5. The van der Waals surface area contributed by atoms with Gasteiger partial charge >= 0.3 is 12.1 Å². The Balaban J connectivity index is 1.58. The lowest BCUT2D eigenvalue weighted by atomic mass is 10.1. The summed E-state index contributed by atoms with van der Waals surface area (Å²) in [5.74, 6) is -0.902. The molecule has 2 amide bonds. The summed E-state index contributed by atoms with van der Waals surface area (Å²) in [4.78, 5) is 30.4. The number of nitrogens with zero attached hydrogens (tertiary/aromatic N) is 2. The number of likely N-dealkylation sites (N-methyl/N-ethyl adjacent to an activating group) is 1. The van der Waals surface area contributed by atoms with E-state index in [2.05, 4.69) is 10.3 Å². The molecule has 0 saturated carbocycles. The minimum absolute atomic E-state index is 0.0144. The van der Waals surface area contributed by atoms with Gasteiger partial charge in [-0.3, -0.25) is 4.79 Å². The predicted octanol–water partition coefficient (Wildman–Crippen LogP) is 3.37. The zero-order chi connectivity index (χ0) is 24.7. The Morgan fingerprint density at radius 2 is 2.03 bits per heavy atom. The van der Waals surface area contributed by atoms with Crippen molar-refractivity contribution in [2.75, 3.05) is 25.6 Å². The molecule has 0 fully saturated rings. The molecule has 3 N–H and O–H groups in total. The molecule has 9 nitrogen and oxygen atoms in total. The number of halogens is 2. The van der Waals surface area contributed by atoms with Crippen molar-refractivity contribution in [1.29, 1.82) is 0 Å². The van der Waals surface area contributed by atoms with Crippen molar-refractivity contribution in [1.82, 2.24) is 9.88 Å². The Hall–Kier alpha value is -3.21. The van der Waals surface area contributed by atoms with E-state index in [-0.39, 0.29) is 42.8 Å². The molecule has 34 heavy (non-hydrogen) atoms. The first-order chi connectivity index (χ1) is 16.3. The van der Waals surface area contributed by atoms with E-state index in [1.165, 1.54) is 24.1 Å². The molecular formula is C23H25ClFN3O6. The van der Waals surface area contributed by atoms with Crippen LogP contribution in [0, 0.1) is 5.82 Å². The average molecular weight is 494 g/mol. The average Bonchev–Trinajstić information content (AvgIpc) is 3.23. The summed E-state index contributed by atoms with van der Waals surface area (Å²) in [6.45, 7) is -0.779. The number of hydrogen-bond acceptors (Lipinski definition) is 7. The maximum atomic E-state index is 13.6. The Morgan fingerprint density at radius 3 is 2.76 bits per heavy atom. The number of oxazole rings is 1. The van der Waals surface area contributed by atoms with Crippen molar-refractivity contribution in [3.05, 3.63) is 58.9 Å². The number of rotatable bonds is 10. The van der Waals surface area contributed by atoms with Crippen molar-refractivity contribution >= 4 is 40.7 Å². The van der Waals surface area contributed by atoms with Crippen LogP contribution in [0.4, 0.5) is 15.2 Å². The van der Waals surface area contributed by atoms with Crippen molar-refractivity contribution < 1.29 is 33.3 Å². The zero-order valence-electron chi connectivity index (χ0n) is 18.4. The lowest BCUT2D eigenvalue weighted by Gasteiger charge is -2.29. The van der Waals surface area contributed by atoms with E-state index in [4.69, 9.17) is 20.8 Å². The molecule has 0 spiro atoms. The second-order valence-electron chi connectivity index (χ2n) is 7.65. The van der Waals surface area contributed by atoms with Gasteiger partial charge < -0.3 is 24.3 Å². The van der Waals surface area contributed by atoms with Gasteiger partial charge in [-0.05, 0) is 36.6 Å². The third kappa shape index (κ3) is 6.66. The second-order valence-corrected chi connectivity index (χ2v) is 8.03. The number of anilines is 1. The number of amides is 2. The summed E-state index contributed by atoms with van der Waals surface area (Å²) in [6, 6.07) is 10.6. The molecule has 0 bridgehead atoms. The van der Waals surface area contributed by atoms with Gasteiger partial charge in [0, 0.05) is 13.5 Å². The number of hydrogen-bond donors (Lipinski definition) is 3. The van der Waals surface area contributed by atoms with Crippen LogP contribution in [0.1, 0.15) is 18.4 Å². The summed E-state index contributed by atoms with van der Waals surface area (Å²) < 4.78 is 24.2. The molecule has 0 unspecified atom stereocenters. The van der Waals surface area contributed by atoms with Crippen LogP contribution in [0.5, 0.6) is 0 Å². The van der Waals surface area contributed by atoms with Gasteiger partial charge in [0.05, 0.1) is 23.8 Å². The molecule has 3 aromatic rings. The molecule has 0 aliphatic heterocycles. The van der Waals surface area contributed by atoms with Gasteiger partial charge in [-0.1, -0.05) is 35.9 Å². The number of aliphatic hydroxyl groups excluding tert-OH is 2. The first kappa shape index (κ1) is 25.4. The smallest absolute Gasteiger partial charge is 0.415 e. The maximum Gasteiger partial charge on any atom is 0.415 e. The lowest BCUT2D eigenvalue weighted by molar-refractivity contribution is -0.133. The molecule has 1 heterocycles. The third-order valence-electron chi connectivity index (χ3n) is 5.25. The lowest BCUT2D eigenvalue weighted by Crippen LogP contribution is -2.43. The van der Waals surface area contributed by atoms with Crippen LogP contribution in [-0.4, -0.2) is 64.5 Å². The Kier molecular flexibility index (Phi) is 8.80. The fourth-order valence-corrected chi connectivity index (χ4v) is 3.53. The highest BCUT2D eigenvalue weighted by molar-refractivity contribution is 6.31. The number of nitrogens with one attached hydrogen (secondary N) is 1. The van der Waals surface area contributed by atoms with Crippen LogP contribution < -0.4 is 5.32 Å². The number of para-hydroxylation sites is 2. The Morgan fingerprint density at radius 1 is 1.26 bits per heavy atom. The quantitative estimate of drug-likeness (QED) is 0.395. The molecule has 0 aliphatic carbocycles. The predicted molar refractivity (Wildman–Crippen MR) is 123 cm³/mol. The van der Waals surface area contributed by atoms with Crippen LogP contribution in [0.2, 0.25) is 5.02 Å². The fourth-order valence-electron chi connectivity index (χ4n) is 3.31. The number of aliphatic hydroxyl groups is 2. The Labute approximate surface area is 200 Å². The van der Waals surface area contributed by atoms with E-state index in [1.54, 1.807) is 30.3 Å². The summed E-state index contributed by atoms with van der Waals surface area (Å²) in [6.07, 6.45) is -1.80. The maximum absolute atomic E-state index is 13.6. The molecular weight excluding hydrogens is 469 g/mol. The molecule has 0 aliphatic rings. The van der Waals surface area contributed by atoms with Gasteiger partial charge in [0.2, 0.25) is 5.91 Å². The fraction of sp³-hybridized carbons (Fsp3) is 0.348.